The molecule has 0 unspecified atom stereocenters. The number of alkyl halides is 2. The first-order chi connectivity index (χ1) is 14.0. The first-order valence-corrected chi connectivity index (χ1v) is 9.84. The topological polar surface area (TPSA) is 79.9 Å². The average Bonchev–Trinajstić information content (AvgIpc) is 2.97. The molecule has 0 spiro atoms. The lowest BCUT2D eigenvalue weighted by Crippen LogP contribution is -2.21. The Morgan fingerprint density at radius 2 is 1.87 bits per heavy atom. The summed E-state index contributed by atoms with van der Waals surface area (Å²) in [6, 6.07) is 4.69. The Hall–Kier alpha value is -2.79. The van der Waals surface area contributed by atoms with Crippen molar-refractivity contribution in [2.75, 3.05) is 31.8 Å². The number of benzene rings is 1. The van der Waals surface area contributed by atoms with E-state index in [1.165, 1.54) is 18.1 Å². The van der Waals surface area contributed by atoms with Crippen LogP contribution in [0.2, 0.25) is 0 Å². The van der Waals surface area contributed by atoms with Crippen LogP contribution in [0.4, 0.5) is 19.5 Å². The highest BCUT2D eigenvalue weighted by atomic mass is 32.1. The molecule has 0 aliphatic rings. The highest BCUT2D eigenvalue weighted by Crippen LogP contribution is 2.35. The zero-order valence-corrected chi connectivity index (χ0v) is 18.6. The smallest absolute Gasteiger partial charge is 0.387 e. The second kappa shape index (κ2) is 9.81. The number of rotatable bonds is 6. The van der Waals surface area contributed by atoms with Gasteiger partial charge < -0.3 is 25.0 Å². The monoisotopic (exact) mass is 457 g/mol. The normalized spacial score (nSPS) is 10.5. The number of halogens is 2. The van der Waals surface area contributed by atoms with Gasteiger partial charge in [0.2, 0.25) is 0 Å². The Morgan fingerprint density at radius 3 is 2.43 bits per heavy atom. The standard InChI is InChI=1S/C19H21F2N3O4S2/c1-9-6-7-11(12(8-9)28-18(20)21)22-19(29)23-15-13(17(26)27-5)10(2)14(30-15)16(25)24(3)4/h6-8,18H,1-5H3,(H2,22,23,29). The SMILES string of the molecule is COC(=O)c1c(NC(=S)Nc2ccc(C)cc2OC(F)F)sc(C(=O)N(C)C)c1C. The van der Waals surface area contributed by atoms with Crippen LogP contribution in [0.15, 0.2) is 18.2 Å². The molecule has 1 amide bonds. The van der Waals surface area contributed by atoms with Gasteiger partial charge in [-0.1, -0.05) is 6.07 Å². The summed E-state index contributed by atoms with van der Waals surface area (Å²) in [6.07, 6.45) is 0. The van der Waals surface area contributed by atoms with Gasteiger partial charge in [-0.3, -0.25) is 4.79 Å². The van der Waals surface area contributed by atoms with Crippen LogP contribution >= 0.6 is 23.6 Å². The molecule has 0 aliphatic carbocycles. The summed E-state index contributed by atoms with van der Waals surface area (Å²) in [5.41, 5.74) is 1.57. The highest BCUT2D eigenvalue weighted by Gasteiger charge is 2.26. The van der Waals surface area contributed by atoms with E-state index in [1.54, 1.807) is 40.1 Å². The van der Waals surface area contributed by atoms with E-state index in [4.69, 9.17) is 17.0 Å². The molecular formula is C19H21F2N3O4S2. The van der Waals surface area contributed by atoms with Crippen molar-refractivity contribution in [3.63, 3.8) is 0 Å². The molecule has 0 atom stereocenters. The second-order valence-electron chi connectivity index (χ2n) is 6.41. The summed E-state index contributed by atoms with van der Waals surface area (Å²) in [7, 11) is 4.43. The van der Waals surface area contributed by atoms with E-state index in [2.05, 4.69) is 15.4 Å². The number of amides is 1. The van der Waals surface area contributed by atoms with Crippen LogP contribution in [0, 0.1) is 13.8 Å². The highest BCUT2D eigenvalue weighted by molar-refractivity contribution is 7.80. The third kappa shape index (κ3) is 5.42. The fourth-order valence-electron chi connectivity index (χ4n) is 2.54. The van der Waals surface area contributed by atoms with Crippen molar-refractivity contribution in [3.8, 4) is 5.75 Å². The second-order valence-corrected chi connectivity index (χ2v) is 7.84. The predicted octanol–water partition coefficient (Wildman–Crippen LogP) is 4.26. The van der Waals surface area contributed by atoms with Crippen molar-refractivity contribution < 1.29 is 27.8 Å². The number of thiocarbonyl (C=S) groups is 1. The first-order valence-electron chi connectivity index (χ1n) is 8.62. The Labute approximate surface area is 182 Å². The number of carbonyl (C=O) groups is 2. The van der Waals surface area contributed by atoms with Crippen LogP contribution in [0.1, 0.15) is 31.2 Å². The van der Waals surface area contributed by atoms with Crippen LogP contribution in [-0.4, -0.2) is 49.7 Å². The Kier molecular flexibility index (Phi) is 7.68. The summed E-state index contributed by atoms with van der Waals surface area (Å²) >= 11 is 6.31. The van der Waals surface area contributed by atoms with Gasteiger partial charge >= 0.3 is 12.6 Å². The molecule has 1 heterocycles. The van der Waals surface area contributed by atoms with Crippen LogP contribution in [-0.2, 0) is 4.74 Å². The van der Waals surface area contributed by atoms with Crippen molar-refractivity contribution in [3.05, 3.63) is 39.8 Å². The largest absolute Gasteiger partial charge is 0.465 e. The zero-order valence-electron chi connectivity index (χ0n) is 17.0. The maximum atomic E-state index is 12.7. The molecule has 0 aliphatic heterocycles. The number of anilines is 2. The fourth-order valence-corrected chi connectivity index (χ4v) is 4.04. The van der Waals surface area contributed by atoms with Crippen LogP contribution in [0.3, 0.4) is 0 Å². The molecule has 2 N–H and O–H groups in total. The summed E-state index contributed by atoms with van der Waals surface area (Å²) in [4.78, 5) is 26.4. The van der Waals surface area contributed by atoms with Crippen molar-refractivity contribution in [1.29, 1.82) is 0 Å². The number of methoxy groups -OCH3 is 1. The van der Waals surface area contributed by atoms with Crippen molar-refractivity contribution >= 4 is 51.2 Å². The fraction of sp³-hybridized carbons (Fsp3) is 0.316. The van der Waals surface area contributed by atoms with E-state index in [9.17, 15) is 18.4 Å². The van der Waals surface area contributed by atoms with E-state index in [0.29, 0.717) is 15.4 Å². The summed E-state index contributed by atoms with van der Waals surface area (Å²) in [6.45, 7) is 0.369. The number of carbonyl (C=O) groups excluding carboxylic acids is 2. The quantitative estimate of drug-likeness (QED) is 0.496. The van der Waals surface area contributed by atoms with Crippen LogP contribution in [0.25, 0.3) is 0 Å². The molecule has 2 aromatic rings. The number of nitrogens with one attached hydrogen (secondary N) is 2. The molecule has 0 bridgehead atoms. The predicted molar refractivity (Wildman–Crippen MR) is 116 cm³/mol. The van der Waals surface area contributed by atoms with Gasteiger partial charge in [0.1, 0.15) is 10.8 Å². The minimum absolute atomic E-state index is 0.0215. The number of esters is 1. The number of thiophene rings is 1. The zero-order chi connectivity index (χ0) is 22.6. The lowest BCUT2D eigenvalue weighted by atomic mass is 10.1. The van der Waals surface area contributed by atoms with E-state index in [0.717, 1.165) is 16.9 Å². The molecule has 1 aromatic carbocycles. The van der Waals surface area contributed by atoms with E-state index in [-0.39, 0.29) is 28.0 Å². The molecule has 162 valence electrons. The van der Waals surface area contributed by atoms with Gasteiger partial charge in [0, 0.05) is 14.1 Å². The summed E-state index contributed by atoms with van der Waals surface area (Å²) < 4.78 is 34.8. The number of nitrogens with zero attached hydrogens (tertiary/aromatic N) is 1. The van der Waals surface area contributed by atoms with E-state index < -0.39 is 12.6 Å². The Bertz CT molecular complexity index is 977. The van der Waals surface area contributed by atoms with Crippen molar-refractivity contribution in [1.82, 2.24) is 4.90 Å². The van der Waals surface area contributed by atoms with Crippen LogP contribution < -0.4 is 15.4 Å². The molecular weight excluding hydrogens is 436 g/mol. The minimum atomic E-state index is -3.00. The summed E-state index contributed by atoms with van der Waals surface area (Å²) in [5.74, 6) is -0.988. The number of aryl methyl sites for hydroxylation is 1. The molecule has 0 fully saturated rings. The molecule has 2 rings (SSSR count). The van der Waals surface area contributed by atoms with E-state index in [1.807, 2.05) is 0 Å². The van der Waals surface area contributed by atoms with E-state index >= 15 is 0 Å². The molecule has 0 saturated heterocycles. The third-order valence-corrected chi connectivity index (χ3v) is 5.36. The summed E-state index contributed by atoms with van der Waals surface area (Å²) in [5, 5.41) is 5.94. The molecule has 7 nitrogen and oxygen atoms in total. The molecule has 0 radical (unpaired) electrons. The number of hydrogen-bond donors (Lipinski definition) is 2. The van der Waals surface area contributed by atoms with Gasteiger partial charge in [-0.2, -0.15) is 8.78 Å². The maximum Gasteiger partial charge on any atom is 0.387 e. The van der Waals surface area contributed by atoms with Gasteiger partial charge in [0.25, 0.3) is 5.91 Å². The lowest BCUT2D eigenvalue weighted by molar-refractivity contribution is -0.0493. The Balaban J connectivity index is 2.34. The number of ether oxygens (including phenoxy) is 2. The van der Waals surface area contributed by atoms with Gasteiger partial charge in [-0.05, 0) is 49.3 Å². The maximum absolute atomic E-state index is 12.7. The van der Waals surface area contributed by atoms with Crippen LogP contribution in [0.5, 0.6) is 5.75 Å². The number of hydrogen-bond acceptors (Lipinski definition) is 6. The molecule has 11 heteroatoms. The van der Waals surface area contributed by atoms with Gasteiger partial charge in [-0.15, -0.1) is 11.3 Å². The third-order valence-electron chi connectivity index (χ3n) is 3.97. The Morgan fingerprint density at radius 1 is 1.20 bits per heavy atom. The molecule has 1 aromatic heterocycles. The van der Waals surface area contributed by atoms with Gasteiger partial charge in [0.05, 0.1) is 23.2 Å². The average molecular weight is 458 g/mol. The first kappa shape index (κ1) is 23.5. The van der Waals surface area contributed by atoms with Gasteiger partial charge in [0.15, 0.2) is 5.11 Å². The van der Waals surface area contributed by atoms with Crippen molar-refractivity contribution in [2.24, 2.45) is 0 Å². The van der Waals surface area contributed by atoms with Crippen molar-refractivity contribution in [2.45, 2.75) is 20.5 Å². The van der Waals surface area contributed by atoms with Gasteiger partial charge in [-0.25, -0.2) is 4.79 Å². The molecule has 0 saturated carbocycles. The lowest BCUT2D eigenvalue weighted by Gasteiger charge is -2.15. The minimum Gasteiger partial charge on any atom is -0.465 e. The molecule has 30 heavy (non-hydrogen) atoms.